The van der Waals surface area contributed by atoms with Gasteiger partial charge in [-0.05, 0) is 36.0 Å². The van der Waals surface area contributed by atoms with E-state index in [1.54, 1.807) is 12.1 Å². The molecule has 0 saturated heterocycles. The van der Waals surface area contributed by atoms with Crippen LogP contribution in [0.2, 0.25) is 0 Å². The van der Waals surface area contributed by atoms with Crippen LogP contribution >= 0.6 is 0 Å². The quantitative estimate of drug-likeness (QED) is 0.751. The van der Waals surface area contributed by atoms with E-state index < -0.39 is 5.97 Å². The highest BCUT2D eigenvalue weighted by Crippen LogP contribution is 2.47. The van der Waals surface area contributed by atoms with Crippen LogP contribution in [0.1, 0.15) is 35.7 Å². The molecule has 1 fully saturated rings. The summed E-state index contributed by atoms with van der Waals surface area (Å²) in [4.78, 5) is 10.6. The number of hydrogen-bond acceptors (Lipinski definition) is 1. The smallest absolute Gasteiger partial charge is 0.335 e. The molecule has 0 bridgehead atoms. The maximum absolute atomic E-state index is 10.6. The largest absolute Gasteiger partial charge is 0.478 e. The average Bonchev–Trinajstić information content (AvgIpc) is 2.85. The maximum Gasteiger partial charge on any atom is 0.335 e. The molecule has 68 valence electrons. The van der Waals surface area contributed by atoms with Crippen molar-refractivity contribution in [3.63, 3.8) is 0 Å². The zero-order chi connectivity index (χ0) is 9.47. The fourth-order valence-corrected chi connectivity index (χ4v) is 1.49. The summed E-state index contributed by atoms with van der Waals surface area (Å²) in [5.41, 5.74) is 1.96. The first-order chi connectivity index (χ1) is 6.12. The first-order valence-electron chi connectivity index (χ1n) is 4.46. The predicted octanol–water partition coefficient (Wildman–Crippen LogP) is 2.44. The zero-order valence-corrected chi connectivity index (χ0v) is 7.58. The molecule has 0 unspecified atom stereocenters. The van der Waals surface area contributed by atoms with Crippen LogP contribution < -0.4 is 0 Å². The third-order valence-electron chi connectivity index (χ3n) is 2.83. The number of carbonyl (C=O) groups is 1. The minimum absolute atomic E-state index is 0.330. The summed E-state index contributed by atoms with van der Waals surface area (Å²) in [5, 5.41) is 8.69. The Labute approximate surface area is 77.2 Å². The lowest BCUT2D eigenvalue weighted by atomic mass is 9.97. The van der Waals surface area contributed by atoms with E-state index in [4.69, 9.17) is 5.11 Å². The first-order valence-corrected chi connectivity index (χ1v) is 4.46. The fraction of sp³-hybridized carbons (Fsp3) is 0.364. The molecule has 2 heteroatoms. The van der Waals surface area contributed by atoms with Gasteiger partial charge in [-0.25, -0.2) is 4.79 Å². The van der Waals surface area contributed by atoms with E-state index in [2.05, 4.69) is 6.92 Å². The fourth-order valence-electron chi connectivity index (χ4n) is 1.49. The van der Waals surface area contributed by atoms with Crippen LogP contribution in [0.3, 0.4) is 0 Å². The summed E-state index contributed by atoms with van der Waals surface area (Å²) < 4.78 is 0. The van der Waals surface area contributed by atoms with E-state index in [1.807, 2.05) is 12.1 Å². The Bertz CT molecular complexity index is 334. The van der Waals surface area contributed by atoms with Crippen LogP contribution in [0, 0.1) is 0 Å². The van der Waals surface area contributed by atoms with Crippen molar-refractivity contribution in [3.8, 4) is 0 Å². The van der Waals surface area contributed by atoms with Gasteiger partial charge >= 0.3 is 5.97 Å². The third kappa shape index (κ3) is 1.44. The second-order valence-electron chi connectivity index (χ2n) is 3.94. The average molecular weight is 176 g/mol. The number of aromatic carboxylic acids is 1. The van der Waals surface area contributed by atoms with Crippen molar-refractivity contribution in [3.05, 3.63) is 35.4 Å². The van der Waals surface area contributed by atoms with Gasteiger partial charge in [-0.2, -0.15) is 0 Å². The summed E-state index contributed by atoms with van der Waals surface area (Å²) in [6.45, 7) is 2.21. The minimum Gasteiger partial charge on any atom is -0.478 e. The molecular formula is C11H12O2. The predicted molar refractivity (Wildman–Crippen MR) is 50.0 cm³/mol. The van der Waals surface area contributed by atoms with Crippen molar-refractivity contribution < 1.29 is 9.90 Å². The Morgan fingerprint density at radius 2 is 1.85 bits per heavy atom. The van der Waals surface area contributed by atoms with Gasteiger partial charge in [0, 0.05) is 0 Å². The van der Waals surface area contributed by atoms with Crippen LogP contribution in [0.5, 0.6) is 0 Å². The van der Waals surface area contributed by atoms with Crippen molar-refractivity contribution in [2.75, 3.05) is 0 Å². The maximum atomic E-state index is 10.6. The molecule has 1 aromatic carbocycles. The summed E-state index contributed by atoms with van der Waals surface area (Å²) >= 11 is 0. The molecule has 2 rings (SSSR count). The zero-order valence-electron chi connectivity index (χ0n) is 7.58. The lowest BCUT2D eigenvalue weighted by molar-refractivity contribution is 0.0697. The number of benzene rings is 1. The second-order valence-corrected chi connectivity index (χ2v) is 3.94. The Kier molecular flexibility index (Phi) is 1.65. The van der Waals surface area contributed by atoms with E-state index in [-0.39, 0.29) is 0 Å². The van der Waals surface area contributed by atoms with Crippen LogP contribution in [-0.2, 0) is 5.41 Å². The molecule has 0 amide bonds. The molecule has 1 N–H and O–H groups in total. The Morgan fingerprint density at radius 3 is 2.23 bits per heavy atom. The van der Waals surface area contributed by atoms with Gasteiger partial charge in [-0.15, -0.1) is 0 Å². The van der Waals surface area contributed by atoms with Gasteiger partial charge in [-0.1, -0.05) is 19.1 Å². The molecular weight excluding hydrogens is 164 g/mol. The van der Waals surface area contributed by atoms with E-state index in [9.17, 15) is 4.79 Å². The molecule has 0 radical (unpaired) electrons. The van der Waals surface area contributed by atoms with Crippen molar-refractivity contribution >= 4 is 5.97 Å². The minimum atomic E-state index is -0.854. The number of hydrogen-bond donors (Lipinski definition) is 1. The highest BCUT2D eigenvalue weighted by atomic mass is 16.4. The standard InChI is InChI=1S/C11H12O2/c1-11(6-7-11)9-4-2-8(3-5-9)10(12)13/h2-5H,6-7H2,1H3,(H,12,13). The number of rotatable bonds is 2. The van der Waals surface area contributed by atoms with Gasteiger partial charge in [0.05, 0.1) is 5.56 Å². The van der Waals surface area contributed by atoms with Crippen molar-refractivity contribution in [2.45, 2.75) is 25.2 Å². The van der Waals surface area contributed by atoms with E-state index in [0.29, 0.717) is 11.0 Å². The highest BCUT2D eigenvalue weighted by Gasteiger charge is 2.38. The van der Waals surface area contributed by atoms with Gasteiger partial charge < -0.3 is 5.11 Å². The number of carboxylic acids is 1. The molecule has 1 aliphatic carbocycles. The summed E-state index contributed by atoms with van der Waals surface area (Å²) in [6.07, 6.45) is 2.44. The number of carboxylic acid groups (broad SMARTS) is 1. The molecule has 0 aliphatic heterocycles. The topological polar surface area (TPSA) is 37.3 Å². The molecule has 0 aromatic heterocycles. The molecule has 0 atom stereocenters. The van der Waals surface area contributed by atoms with Crippen LogP contribution in [0.4, 0.5) is 0 Å². The van der Waals surface area contributed by atoms with E-state index >= 15 is 0 Å². The van der Waals surface area contributed by atoms with Gasteiger partial charge in [0.2, 0.25) is 0 Å². The van der Waals surface area contributed by atoms with Crippen molar-refractivity contribution in [2.24, 2.45) is 0 Å². The Hall–Kier alpha value is -1.31. The monoisotopic (exact) mass is 176 g/mol. The highest BCUT2D eigenvalue weighted by molar-refractivity contribution is 5.87. The first kappa shape index (κ1) is 8.30. The summed E-state index contributed by atoms with van der Waals surface area (Å²) in [5.74, 6) is -0.854. The molecule has 0 heterocycles. The van der Waals surface area contributed by atoms with Crippen LogP contribution in [0.25, 0.3) is 0 Å². The van der Waals surface area contributed by atoms with Crippen molar-refractivity contribution in [1.82, 2.24) is 0 Å². The Morgan fingerprint density at radius 1 is 1.31 bits per heavy atom. The third-order valence-corrected chi connectivity index (χ3v) is 2.83. The lowest BCUT2D eigenvalue weighted by Gasteiger charge is -2.07. The normalized spacial score (nSPS) is 18.2. The molecule has 1 aromatic rings. The SMILES string of the molecule is CC1(c2ccc(C(=O)O)cc2)CC1. The molecule has 0 spiro atoms. The summed E-state index contributed by atoms with van der Waals surface area (Å²) in [6, 6.07) is 7.22. The van der Waals surface area contributed by atoms with E-state index in [1.165, 1.54) is 18.4 Å². The lowest BCUT2D eigenvalue weighted by Crippen LogP contribution is -2.01. The molecule has 1 aliphatic rings. The molecule has 2 nitrogen and oxygen atoms in total. The molecule has 1 saturated carbocycles. The van der Waals surface area contributed by atoms with Gasteiger partial charge in [-0.3, -0.25) is 0 Å². The van der Waals surface area contributed by atoms with E-state index in [0.717, 1.165) is 0 Å². The van der Waals surface area contributed by atoms with Gasteiger partial charge in [0.25, 0.3) is 0 Å². The van der Waals surface area contributed by atoms with Crippen LogP contribution in [0.15, 0.2) is 24.3 Å². The van der Waals surface area contributed by atoms with Gasteiger partial charge in [0.1, 0.15) is 0 Å². The van der Waals surface area contributed by atoms with Crippen LogP contribution in [-0.4, -0.2) is 11.1 Å². The van der Waals surface area contributed by atoms with Gasteiger partial charge in [0.15, 0.2) is 0 Å². The van der Waals surface area contributed by atoms with Crippen molar-refractivity contribution in [1.29, 1.82) is 0 Å². The molecule has 13 heavy (non-hydrogen) atoms. The summed E-state index contributed by atoms with van der Waals surface area (Å²) in [7, 11) is 0. The second kappa shape index (κ2) is 2.59. The Balaban J connectivity index is 2.28.